The number of nitrogens with one attached hydrogen (secondary N) is 2. The number of aromatic nitrogens is 3. The normalized spacial score (nSPS) is 23.5. The second-order valence-electron chi connectivity index (χ2n) is 11.8. The van der Waals surface area contributed by atoms with E-state index in [0.717, 1.165) is 31.5 Å². The number of fused-ring (bicyclic) bond motifs is 3. The van der Waals surface area contributed by atoms with Crippen LogP contribution in [0.3, 0.4) is 0 Å². The van der Waals surface area contributed by atoms with Crippen molar-refractivity contribution in [3.63, 3.8) is 0 Å². The van der Waals surface area contributed by atoms with Crippen LogP contribution in [0.4, 0.5) is 0 Å². The predicted octanol–water partition coefficient (Wildman–Crippen LogP) is 0.575. The van der Waals surface area contributed by atoms with E-state index >= 15 is 0 Å². The Morgan fingerprint density at radius 1 is 1.02 bits per heavy atom. The van der Waals surface area contributed by atoms with Gasteiger partial charge in [-0.05, 0) is 51.8 Å². The number of aryl methyl sites for hydroxylation is 1. The van der Waals surface area contributed by atoms with Gasteiger partial charge in [0.15, 0.2) is 0 Å². The molecule has 12 heteroatoms. The average molecular weight is 579 g/mol. The molecule has 12 nitrogen and oxygen atoms in total. The lowest BCUT2D eigenvalue weighted by molar-refractivity contribution is -0.152. The molecule has 0 spiro atoms. The maximum Gasteiger partial charge on any atom is 0.246 e. The second-order valence-corrected chi connectivity index (χ2v) is 11.8. The summed E-state index contributed by atoms with van der Waals surface area (Å²) in [4.78, 5) is 60.0. The minimum Gasteiger partial charge on any atom is -0.348 e. The Bertz CT molecular complexity index is 1260. The smallest absolute Gasteiger partial charge is 0.246 e. The minimum absolute atomic E-state index is 0.0475. The Hall–Kier alpha value is -3.80. The molecule has 2 saturated heterocycles. The fraction of sp³-hybridized carbons (Fsp3) is 0.600. The highest BCUT2D eigenvalue weighted by atomic mass is 16.2. The molecule has 2 N–H and O–H groups in total. The van der Waals surface area contributed by atoms with Crippen molar-refractivity contribution in [1.82, 2.24) is 40.3 Å². The van der Waals surface area contributed by atoms with Gasteiger partial charge in [0.25, 0.3) is 0 Å². The summed E-state index contributed by atoms with van der Waals surface area (Å²) in [5.74, 6) is -0.950. The van der Waals surface area contributed by atoms with Crippen molar-refractivity contribution in [2.45, 2.75) is 77.2 Å². The molecule has 42 heavy (non-hydrogen) atoms. The van der Waals surface area contributed by atoms with Crippen LogP contribution < -0.4 is 10.6 Å². The third-order valence-corrected chi connectivity index (χ3v) is 8.62. The maximum absolute atomic E-state index is 14.1. The number of piperidine rings is 1. The Morgan fingerprint density at radius 3 is 2.52 bits per heavy atom. The molecule has 4 amide bonds. The Labute approximate surface area is 246 Å². The number of amides is 4. The Kier molecular flexibility index (Phi) is 9.51. The summed E-state index contributed by atoms with van der Waals surface area (Å²) in [6, 6.07) is 8.25. The van der Waals surface area contributed by atoms with Crippen LogP contribution >= 0.6 is 0 Å². The molecule has 1 aromatic carbocycles. The molecule has 2 bridgehead atoms. The van der Waals surface area contributed by atoms with Gasteiger partial charge in [-0.2, -0.15) is 0 Å². The van der Waals surface area contributed by atoms with Crippen molar-refractivity contribution in [1.29, 1.82) is 0 Å². The zero-order valence-corrected chi connectivity index (χ0v) is 24.6. The first-order valence-electron chi connectivity index (χ1n) is 15.1. The molecule has 0 saturated carbocycles. The highest BCUT2D eigenvalue weighted by Gasteiger charge is 2.41. The van der Waals surface area contributed by atoms with E-state index in [4.69, 9.17) is 0 Å². The number of hydrogen-bond donors (Lipinski definition) is 2. The Balaban J connectivity index is 1.37. The van der Waals surface area contributed by atoms with Crippen LogP contribution in [0.25, 0.3) is 0 Å². The number of carbonyl (C=O) groups excluding carboxylic acids is 4. The standard InChI is InChI=1S/C30H42N8O4/c1-21(2)35-13-10-23(11-14-35)29(41)36-15-16-38-26(20-36)28(40)31-18-24-19-37(34-33-24)12-6-9-27(39)32-25(30(38)42)17-22-7-4-3-5-8-22/h3-5,7-8,19,21,23,25-26H,6,9-18,20H2,1-2H3,(H,31,40)(H,32,39)/t25-,26+/m0/s1. The van der Waals surface area contributed by atoms with Crippen molar-refractivity contribution in [2.24, 2.45) is 5.92 Å². The molecule has 2 aromatic rings. The van der Waals surface area contributed by atoms with E-state index in [0.29, 0.717) is 37.7 Å². The molecule has 5 rings (SSSR count). The summed E-state index contributed by atoms with van der Waals surface area (Å²) < 4.78 is 1.65. The molecular formula is C30H42N8O4. The van der Waals surface area contributed by atoms with Gasteiger partial charge in [-0.1, -0.05) is 35.5 Å². The number of piperazine rings is 1. The van der Waals surface area contributed by atoms with Gasteiger partial charge in [0, 0.05) is 44.4 Å². The molecule has 0 radical (unpaired) electrons. The van der Waals surface area contributed by atoms with Crippen molar-refractivity contribution in [2.75, 3.05) is 32.7 Å². The van der Waals surface area contributed by atoms with Crippen LogP contribution in [0, 0.1) is 5.92 Å². The molecule has 1 aromatic heterocycles. The van der Waals surface area contributed by atoms with Crippen LogP contribution in [-0.4, -0.2) is 104 Å². The number of rotatable bonds is 4. The Morgan fingerprint density at radius 2 is 1.79 bits per heavy atom. The van der Waals surface area contributed by atoms with Gasteiger partial charge in [0.1, 0.15) is 17.8 Å². The number of nitrogens with zero attached hydrogens (tertiary/aromatic N) is 6. The van der Waals surface area contributed by atoms with Gasteiger partial charge in [-0.25, -0.2) is 0 Å². The first-order chi connectivity index (χ1) is 20.3. The van der Waals surface area contributed by atoms with E-state index in [1.165, 1.54) is 0 Å². The van der Waals surface area contributed by atoms with Gasteiger partial charge in [-0.3, -0.25) is 23.9 Å². The van der Waals surface area contributed by atoms with E-state index in [-0.39, 0.29) is 55.6 Å². The highest BCUT2D eigenvalue weighted by Crippen LogP contribution is 2.24. The van der Waals surface area contributed by atoms with E-state index in [9.17, 15) is 19.2 Å². The third kappa shape index (κ3) is 7.15. The van der Waals surface area contributed by atoms with E-state index in [1.54, 1.807) is 20.7 Å². The third-order valence-electron chi connectivity index (χ3n) is 8.62. The van der Waals surface area contributed by atoms with E-state index < -0.39 is 12.1 Å². The summed E-state index contributed by atoms with van der Waals surface area (Å²) in [6.45, 7) is 7.40. The second kappa shape index (κ2) is 13.5. The summed E-state index contributed by atoms with van der Waals surface area (Å²) in [7, 11) is 0. The van der Waals surface area contributed by atoms with E-state index in [1.807, 2.05) is 30.3 Å². The van der Waals surface area contributed by atoms with Crippen molar-refractivity contribution >= 4 is 23.6 Å². The van der Waals surface area contributed by atoms with Gasteiger partial charge in [0.05, 0.1) is 19.3 Å². The molecule has 4 heterocycles. The number of benzene rings is 1. The quantitative estimate of drug-likeness (QED) is 0.542. The first kappa shape index (κ1) is 29.7. The largest absolute Gasteiger partial charge is 0.348 e. The van der Waals surface area contributed by atoms with Crippen molar-refractivity contribution in [3.8, 4) is 0 Å². The summed E-state index contributed by atoms with van der Waals surface area (Å²) in [6.07, 6.45) is 4.39. The molecule has 0 unspecified atom stereocenters. The SMILES string of the molecule is CC(C)N1CCC(C(=O)N2CCN3C(=O)[C@H](Cc4ccccc4)NC(=O)CCCn4cc(nn4)CNC(=O)[C@H]3C2)CC1. The van der Waals surface area contributed by atoms with E-state index in [2.05, 4.69) is 39.7 Å². The van der Waals surface area contributed by atoms with Crippen LogP contribution in [0.2, 0.25) is 0 Å². The monoisotopic (exact) mass is 578 g/mol. The summed E-state index contributed by atoms with van der Waals surface area (Å²) >= 11 is 0. The average Bonchev–Trinajstić information content (AvgIpc) is 3.46. The van der Waals surface area contributed by atoms with Crippen LogP contribution in [-0.2, 0) is 38.7 Å². The molecule has 226 valence electrons. The first-order valence-corrected chi connectivity index (χ1v) is 15.1. The number of carbonyl (C=O) groups is 4. The molecular weight excluding hydrogens is 536 g/mol. The molecule has 2 atom stereocenters. The zero-order chi connectivity index (χ0) is 29.6. The van der Waals surface area contributed by atoms with Crippen LogP contribution in [0.15, 0.2) is 36.5 Å². The van der Waals surface area contributed by atoms with Crippen LogP contribution in [0.1, 0.15) is 50.8 Å². The zero-order valence-electron chi connectivity index (χ0n) is 24.6. The maximum atomic E-state index is 14.1. The topological polar surface area (TPSA) is 133 Å². The fourth-order valence-electron chi connectivity index (χ4n) is 6.13. The van der Waals surface area contributed by atoms with Gasteiger partial charge in [0.2, 0.25) is 23.6 Å². The predicted molar refractivity (Wildman–Crippen MR) is 155 cm³/mol. The number of hydrogen-bond acceptors (Lipinski definition) is 7. The van der Waals surface area contributed by atoms with Crippen molar-refractivity contribution < 1.29 is 19.2 Å². The fourth-order valence-corrected chi connectivity index (χ4v) is 6.13. The summed E-state index contributed by atoms with van der Waals surface area (Å²) in [5.41, 5.74) is 1.50. The lowest BCUT2D eigenvalue weighted by atomic mass is 9.93. The molecule has 0 aliphatic carbocycles. The lowest BCUT2D eigenvalue weighted by Gasteiger charge is -2.43. The van der Waals surface area contributed by atoms with Crippen LogP contribution in [0.5, 0.6) is 0 Å². The van der Waals surface area contributed by atoms with Gasteiger partial charge in [-0.15, -0.1) is 5.10 Å². The summed E-state index contributed by atoms with van der Waals surface area (Å²) in [5, 5.41) is 14.1. The van der Waals surface area contributed by atoms with Gasteiger partial charge >= 0.3 is 0 Å². The minimum atomic E-state index is -0.888. The number of likely N-dealkylation sites (tertiary alicyclic amines) is 1. The molecule has 3 aliphatic rings. The van der Waals surface area contributed by atoms with Gasteiger partial charge < -0.3 is 25.3 Å². The highest BCUT2D eigenvalue weighted by molar-refractivity contribution is 5.93. The lowest BCUT2D eigenvalue weighted by Crippen LogP contribution is -2.65. The molecule has 3 aliphatic heterocycles. The van der Waals surface area contributed by atoms with Crippen molar-refractivity contribution in [3.05, 3.63) is 47.8 Å². The molecule has 2 fully saturated rings.